The normalized spacial score (nSPS) is 11.0. The van der Waals surface area contributed by atoms with Gasteiger partial charge in [0.25, 0.3) is 0 Å². The molecule has 0 unspecified atom stereocenters. The molecule has 0 spiro atoms. The van der Waals surface area contributed by atoms with Crippen molar-refractivity contribution in [3.05, 3.63) is 58.0 Å². The Morgan fingerprint density at radius 1 is 1.10 bits per heavy atom. The van der Waals surface area contributed by atoms with Crippen LogP contribution in [0.3, 0.4) is 0 Å². The molecule has 9 heteroatoms. The van der Waals surface area contributed by atoms with Gasteiger partial charge in [0.15, 0.2) is 16.7 Å². The van der Waals surface area contributed by atoms with Crippen LogP contribution in [0.5, 0.6) is 11.5 Å². The van der Waals surface area contributed by atoms with Crippen molar-refractivity contribution in [1.29, 1.82) is 0 Å². The Balaban J connectivity index is 1.43. The Labute approximate surface area is 181 Å². The van der Waals surface area contributed by atoms with Gasteiger partial charge in [-0.3, -0.25) is 0 Å². The van der Waals surface area contributed by atoms with E-state index in [0.29, 0.717) is 11.5 Å². The summed E-state index contributed by atoms with van der Waals surface area (Å²) < 4.78 is 13.0. The van der Waals surface area contributed by atoms with Crippen LogP contribution in [-0.4, -0.2) is 34.0 Å². The third kappa shape index (κ3) is 4.63. The number of hydrogen-bond acceptors (Lipinski definition) is 8. The molecular weight excluding hydrogens is 424 g/mol. The lowest BCUT2D eigenvalue weighted by molar-refractivity contribution is 0.356. The van der Waals surface area contributed by atoms with Crippen molar-refractivity contribution in [2.75, 3.05) is 14.2 Å². The fourth-order valence-electron chi connectivity index (χ4n) is 2.89. The van der Waals surface area contributed by atoms with Crippen molar-refractivity contribution in [2.45, 2.75) is 23.9 Å². The summed E-state index contributed by atoms with van der Waals surface area (Å²) >= 11 is 5.03. The predicted octanol–water partition coefficient (Wildman–Crippen LogP) is 5.02. The van der Waals surface area contributed by atoms with Crippen LogP contribution in [0.15, 0.2) is 52.6 Å². The molecule has 0 radical (unpaired) electrons. The van der Waals surface area contributed by atoms with Crippen molar-refractivity contribution in [3.8, 4) is 22.1 Å². The second-order valence-electron chi connectivity index (χ2n) is 6.11. The van der Waals surface area contributed by atoms with Crippen molar-refractivity contribution in [3.63, 3.8) is 0 Å². The molecule has 0 N–H and O–H groups in total. The van der Waals surface area contributed by atoms with Gasteiger partial charge in [0.1, 0.15) is 11.3 Å². The van der Waals surface area contributed by atoms with E-state index in [1.54, 1.807) is 55.0 Å². The minimum Gasteiger partial charge on any atom is -0.493 e. The summed E-state index contributed by atoms with van der Waals surface area (Å²) in [6.45, 7) is 0.874. The third-order valence-electron chi connectivity index (χ3n) is 4.29. The summed E-state index contributed by atoms with van der Waals surface area (Å²) in [6, 6.07) is 10.1. The van der Waals surface area contributed by atoms with Gasteiger partial charge in [0.2, 0.25) is 0 Å². The molecular formula is C20H20N4O2S3. The maximum absolute atomic E-state index is 5.54. The highest BCUT2D eigenvalue weighted by Gasteiger charge is 2.15. The largest absolute Gasteiger partial charge is 0.493 e. The van der Waals surface area contributed by atoms with E-state index in [2.05, 4.69) is 37.7 Å². The first-order valence-corrected chi connectivity index (χ1v) is 11.7. The number of methoxy groups -OCH3 is 2. The van der Waals surface area contributed by atoms with E-state index in [1.165, 1.54) is 4.88 Å². The average Bonchev–Trinajstić information content (AvgIpc) is 3.51. The van der Waals surface area contributed by atoms with Crippen LogP contribution in [0, 0.1) is 0 Å². The van der Waals surface area contributed by atoms with E-state index in [0.717, 1.165) is 40.1 Å². The Morgan fingerprint density at radius 2 is 2.03 bits per heavy atom. The second kappa shape index (κ2) is 9.43. The lowest BCUT2D eigenvalue weighted by Crippen LogP contribution is -2.01. The quantitative estimate of drug-likeness (QED) is 0.338. The molecule has 0 aliphatic carbocycles. The Hall–Kier alpha value is -2.36. The van der Waals surface area contributed by atoms with Crippen LogP contribution in [0.4, 0.5) is 0 Å². The minimum atomic E-state index is 0.704. The monoisotopic (exact) mass is 444 g/mol. The summed E-state index contributed by atoms with van der Waals surface area (Å²) in [5, 5.41) is 14.3. The highest BCUT2D eigenvalue weighted by molar-refractivity contribution is 7.98. The molecule has 0 aliphatic heterocycles. The van der Waals surface area contributed by atoms with Crippen molar-refractivity contribution < 1.29 is 9.47 Å². The van der Waals surface area contributed by atoms with E-state index >= 15 is 0 Å². The molecule has 150 valence electrons. The van der Waals surface area contributed by atoms with E-state index < -0.39 is 0 Å². The van der Waals surface area contributed by atoms with E-state index in [-0.39, 0.29) is 0 Å². The van der Waals surface area contributed by atoms with E-state index in [4.69, 9.17) is 14.5 Å². The number of para-hydroxylation sites is 1. The Bertz CT molecular complexity index is 1060. The number of thiophene rings is 1. The lowest BCUT2D eigenvalue weighted by atomic mass is 10.2. The Kier molecular flexibility index (Phi) is 6.48. The number of aromatic nitrogens is 4. The maximum atomic E-state index is 5.54. The molecule has 1 aromatic carbocycles. The van der Waals surface area contributed by atoms with E-state index in [1.807, 2.05) is 18.2 Å². The van der Waals surface area contributed by atoms with Crippen LogP contribution >= 0.6 is 34.4 Å². The zero-order valence-corrected chi connectivity index (χ0v) is 18.5. The standard InChI is InChI=1S/C20H20N4O2S3/c1-25-17-7-3-6-16(18(17)26-2)19-22-14(11-28-19)12-29-20-23-21-13-24(20)9-8-15-5-4-10-27-15/h3-7,10-11,13H,8-9,12H2,1-2H3. The highest BCUT2D eigenvalue weighted by Crippen LogP contribution is 2.39. The average molecular weight is 445 g/mol. The van der Waals surface area contributed by atoms with Gasteiger partial charge in [-0.05, 0) is 30.0 Å². The van der Waals surface area contributed by atoms with Gasteiger partial charge in [-0.15, -0.1) is 32.9 Å². The minimum absolute atomic E-state index is 0.704. The fourth-order valence-corrected chi connectivity index (χ4v) is 5.37. The molecule has 0 fully saturated rings. The number of rotatable bonds is 9. The molecule has 3 heterocycles. The zero-order chi connectivity index (χ0) is 20.1. The van der Waals surface area contributed by atoms with Crippen molar-refractivity contribution >= 4 is 34.4 Å². The molecule has 0 saturated heterocycles. The van der Waals surface area contributed by atoms with Gasteiger partial charge in [-0.1, -0.05) is 23.9 Å². The smallest absolute Gasteiger partial charge is 0.191 e. The SMILES string of the molecule is COc1cccc(-c2nc(CSc3nncn3CCc3cccs3)cs2)c1OC. The number of benzene rings is 1. The number of thiazole rings is 1. The molecule has 0 bridgehead atoms. The number of ether oxygens (including phenoxy) is 2. The molecule has 0 saturated carbocycles. The van der Waals surface area contributed by atoms with Crippen LogP contribution in [0.2, 0.25) is 0 Å². The van der Waals surface area contributed by atoms with E-state index in [9.17, 15) is 0 Å². The predicted molar refractivity (Wildman–Crippen MR) is 118 cm³/mol. The van der Waals surface area contributed by atoms with Gasteiger partial charge >= 0.3 is 0 Å². The number of hydrogen-bond donors (Lipinski definition) is 0. The van der Waals surface area contributed by atoms with Crippen molar-refractivity contribution in [2.24, 2.45) is 0 Å². The summed E-state index contributed by atoms with van der Waals surface area (Å²) in [5.74, 6) is 2.15. The number of aryl methyl sites for hydroxylation is 2. The molecule has 0 aliphatic rings. The van der Waals surface area contributed by atoms with Gasteiger partial charge in [0, 0.05) is 22.6 Å². The van der Waals surface area contributed by atoms with Crippen LogP contribution in [0.25, 0.3) is 10.6 Å². The molecule has 3 aromatic heterocycles. The first-order valence-electron chi connectivity index (χ1n) is 8.97. The van der Waals surface area contributed by atoms with Gasteiger partial charge in [-0.2, -0.15) is 0 Å². The molecule has 0 atom stereocenters. The molecule has 4 rings (SSSR count). The first-order chi connectivity index (χ1) is 14.3. The van der Waals surface area contributed by atoms with Crippen molar-refractivity contribution in [1.82, 2.24) is 19.7 Å². The summed E-state index contributed by atoms with van der Waals surface area (Å²) in [5.41, 5.74) is 1.94. The Morgan fingerprint density at radius 3 is 2.83 bits per heavy atom. The second-order valence-corrected chi connectivity index (χ2v) is 8.94. The summed E-state index contributed by atoms with van der Waals surface area (Å²) in [7, 11) is 3.29. The fraction of sp³-hybridized carbons (Fsp3) is 0.250. The number of thioether (sulfide) groups is 1. The summed E-state index contributed by atoms with van der Waals surface area (Å²) in [4.78, 5) is 6.15. The molecule has 6 nitrogen and oxygen atoms in total. The van der Waals surface area contributed by atoms with Crippen LogP contribution in [-0.2, 0) is 18.7 Å². The molecule has 0 amide bonds. The molecule has 4 aromatic rings. The van der Waals surface area contributed by atoms with Gasteiger partial charge in [0.05, 0.1) is 25.5 Å². The lowest BCUT2D eigenvalue weighted by Gasteiger charge is -2.10. The highest BCUT2D eigenvalue weighted by atomic mass is 32.2. The maximum Gasteiger partial charge on any atom is 0.191 e. The molecule has 29 heavy (non-hydrogen) atoms. The van der Waals surface area contributed by atoms with Gasteiger partial charge < -0.3 is 14.0 Å². The van der Waals surface area contributed by atoms with Gasteiger partial charge in [-0.25, -0.2) is 4.98 Å². The van der Waals surface area contributed by atoms with Crippen LogP contribution < -0.4 is 9.47 Å². The summed E-state index contributed by atoms with van der Waals surface area (Å²) in [6.07, 6.45) is 2.78. The first kappa shape index (κ1) is 19.9. The topological polar surface area (TPSA) is 62.1 Å². The number of nitrogens with zero attached hydrogens (tertiary/aromatic N) is 4. The van der Waals surface area contributed by atoms with Crippen LogP contribution in [0.1, 0.15) is 10.6 Å². The zero-order valence-electron chi connectivity index (χ0n) is 16.1. The third-order valence-corrected chi connectivity index (χ3v) is 7.17.